The number of carbonyl (C=O) groups excluding carboxylic acids is 2. The van der Waals surface area contributed by atoms with E-state index >= 15 is 0 Å². The molecule has 6 heteroatoms. The number of pyridine rings is 1. The van der Waals surface area contributed by atoms with Crippen molar-refractivity contribution in [3.05, 3.63) is 23.9 Å². The monoisotopic (exact) mass is 330 g/mol. The molecule has 2 N–H and O–H groups in total. The second kappa shape index (κ2) is 7.75. The highest BCUT2D eigenvalue weighted by Crippen LogP contribution is 2.27. The molecule has 0 bridgehead atoms. The van der Waals surface area contributed by atoms with Gasteiger partial charge in [0.05, 0.1) is 6.54 Å². The standard InChI is InChI=1S/C18H26N4O2/c1-13-2-5-16(20-10-13)21-18(24)15-6-8-22(9-7-15)17(23)12-19-11-14-3-4-14/h2,5,10,14-15,19H,3-4,6-9,11-12H2,1H3,(H,20,21,24). The van der Waals surface area contributed by atoms with Gasteiger partial charge in [-0.15, -0.1) is 0 Å². The molecule has 0 aromatic carbocycles. The van der Waals surface area contributed by atoms with Crippen molar-refractivity contribution in [1.29, 1.82) is 0 Å². The Kier molecular flexibility index (Phi) is 5.45. The molecule has 0 radical (unpaired) electrons. The van der Waals surface area contributed by atoms with Crippen molar-refractivity contribution in [2.45, 2.75) is 32.6 Å². The third-order valence-corrected chi connectivity index (χ3v) is 4.79. The maximum Gasteiger partial charge on any atom is 0.236 e. The van der Waals surface area contributed by atoms with Crippen molar-refractivity contribution in [1.82, 2.24) is 15.2 Å². The second-order valence-corrected chi connectivity index (χ2v) is 6.94. The first kappa shape index (κ1) is 16.9. The van der Waals surface area contributed by atoms with Crippen molar-refractivity contribution in [2.75, 3.05) is 31.5 Å². The molecule has 1 saturated carbocycles. The van der Waals surface area contributed by atoms with Crippen LogP contribution in [0.5, 0.6) is 0 Å². The van der Waals surface area contributed by atoms with Gasteiger partial charge in [-0.2, -0.15) is 0 Å². The molecule has 2 heterocycles. The van der Waals surface area contributed by atoms with Crippen LogP contribution >= 0.6 is 0 Å². The van der Waals surface area contributed by atoms with E-state index in [2.05, 4.69) is 15.6 Å². The van der Waals surface area contributed by atoms with Crippen LogP contribution in [0, 0.1) is 18.8 Å². The Hall–Kier alpha value is -1.95. The molecule has 3 rings (SSSR count). The van der Waals surface area contributed by atoms with Gasteiger partial charge in [0, 0.05) is 25.2 Å². The molecule has 1 aliphatic carbocycles. The van der Waals surface area contributed by atoms with Crippen LogP contribution in [0.25, 0.3) is 0 Å². The number of carbonyl (C=O) groups is 2. The van der Waals surface area contributed by atoms with Crippen LogP contribution in [0.3, 0.4) is 0 Å². The predicted molar refractivity (Wildman–Crippen MR) is 92.5 cm³/mol. The molecule has 1 aromatic rings. The Labute approximate surface area is 143 Å². The van der Waals surface area contributed by atoms with Gasteiger partial charge in [-0.1, -0.05) is 6.07 Å². The van der Waals surface area contributed by atoms with Gasteiger partial charge in [-0.3, -0.25) is 9.59 Å². The van der Waals surface area contributed by atoms with Crippen LogP contribution in [0.1, 0.15) is 31.2 Å². The number of nitrogens with one attached hydrogen (secondary N) is 2. The van der Waals surface area contributed by atoms with Crippen molar-refractivity contribution in [2.24, 2.45) is 11.8 Å². The van der Waals surface area contributed by atoms with Gasteiger partial charge in [0.1, 0.15) is 5.82 Å². The summed E-state index contributed by atoms with van der Waals surface area (Å²) in [7, 11) is 0. The maximum absolute atomic E-state index is 12.3. The van der Waals surface area contributed by atoms with E-state index in [1.54, 1.807) is 6.20 Å². The Balaban J connectivity index is 1.39. The average molecular weight is 330 g/mol. The molecule has 6 nitrogen and oxygen atoms in total. The van der Waals surface area contributed by atoms with Crippen LogP contribution in [-0.2, 0) is 9.59 Å². The van der Waals surface area contributed by atoms with Crippen LogP contribution in [0.2, 0.25) is 0 Å². The predicted octanol–water partition coefficient (Wildman–Crippen LogP) is 1.57. The molecule has 0 unspecified atom stereocenters. The number of nitrogens with zero attached hydrogens (tertiary/aromatic N) is 2. The molecule has 24 heavy (non-hydrogen) atoms. The van der Waals surface area contributed by atoms with E-state index in [-0.39, 0.29) is 17.7 Å². The van der Waals surface area contributed by atoms with Gasteiger partial charge < -0.3 is 15.5 Å². The van der Waals surface area contributed by atoms with Crippen LogP contribution < -0.4 is 10.6 Å². The molecule has 2 fully saturated rings. The maximum atomic E-state index is 12.3. The fourth-order valence-electron chi connectivity index (χ4n) is 2.98. The van der Waals surface area contributed by atoms with Crippen molar-refractivity contribution < 1.29 is 9.59 Å². The molecule has 0 spiro atoms. The zero-order chi connectivity index (χ0) is 16.9. The normalized spacial score (nSPS) is 18.5. The SMILES string of the molecule is Cc1ccc(NC(=O)C2CCN(C(=O)CNCC3CC3)CC2)nc1. The van der Waals surface area contributed by atoms with Gasteiger partial charge >= 0.3 is 0 Å². The molecule has 1 aliphatic heterocycles. The van der Waals surface area contributed by atoms with Crippen LogP contribution in [0.4, 0.5) is 5.82 Å². The van der Waals surface area contributed by atoms with Gasteiger partial charge in [-0.25, -0.2) is 4.98 Å². The number of rotatable bonds is 6. The van der Waals surface area contributed by atoms with E-state index in [4.69, 9.17) is 0 Å². The summed E-state index contributed by atoms with van der Waals surface area (Å²) in [5, 5.41) is 6.11. The Morgan fingerprint density at radius 1 is 1.21 bits per heavy atom. The van der Waals surface area contributed by atoms with Gasteiger partial charge in [0.2, 0.25) is 11.8 Å². The summed E-state index contributed by atoms with van der Waals surface area (Å²) >= 11 is 0. The minimum absolute atomic E-state index is 0.00492. The highest BCUT2D eigenvalue weighted by atomic mass is 16.2. The van der Waals surface area contributed by atoms with Crippen LogP contribution in [0.15, 0.2) is 18.3 Å². The fraction of sp³-hybridized carbons (Fsp3) is 0.611. The van der Waals surface area contributed by atoms with Crippen LogP contribution in [-0.4, -0.2) is 47.9 Å². The lowest BCUT2D eigenvalue weighted by molar-refractivity contribution is -0.133. The first-order chi connectivity index (χ1) is 11.6. The van der Waals surface area contributed by atoms with Gasteiger partial charge in [0.15, 0.2) is 0 Å². The van der Waals surface area contributed by atoms with Crippen molar-refractivity contribution in [3.8, 4) is 0 Å². The number of hydrogen-bond acceptors (Lipinski definition) is 4. The number of piperidine rings is 1. The number of amides is 2. The summed E-state index contributed by atoms with van der Waals surface area (Å²) in [6.07, 6.45) is 5.75. The van der Waals surface area contributed by atoms with E-state index < -0.39 is 0 Å². The van der Waals surface area contributed by atoms with Gasteiger partial charge in [-0.05, 0) is 56.7 Å². The minimum atomic E-state index is -0.0448. The molecular formula is C18H26N4O2. The lowest BCUT2D eigenvalue weighted by atomic mass is 9.96. The molecule has 2 aliphatic rings. The van der Waals surface area contributed by atoms with E-state index in [0.29, 0.717) is 38.3 Å². The molecule has 130 valence electrons. The Bertz CT molecular complexity index is 575. The van der Waals surface area contributed by atoms with Crippen molar-refractivity contribution >= 4 is 17.6 Å². The van der Waals surface area contributed by atoms with Gasteiger partial charge in [0.25, 0.3) is 0 Å². The summed E-state index contributed by atoms with van der Waals surface area (Å²) in [6, 6.07) is 3.75. The average Bonchev–Trinajstić information content (AvgIpc) is 3.41. The summed E-state index contributed by atoms with van der Waals surface area (Å²) in [6.45, 7) is 4.65. The second-order valence-electron chi connectivity index (χ2n) is 6.94. The number of hydrogen-bond donors (Lipinski definition) is 2. The third kappa shape index (κ3) is 4.77. The lowest BCUT2D eigenvalue weighted by Crippen LogP contribution is -2.45. The molecule has 1 aromatic heterocycles. The minimum Gasteiger partial charge on any atom is -0.342 e. The largest absolute Gasteiger partial charge is 0.342 e. The highest BCUT2D eigenvalue weighted by Gasteiger charge is 2.27. The number of anilines is 1. The molecular weight excluding hydrogens is 304 g/mol. The van der Waals surface area contributed by atoms with E-state index in [9.17, 15) is 9.59 Å². The Morgan fingerprint density at radius 2 is 1.96 bits per heavy atom. The lowest BCUT2D eigenvalue weighted by Gasteiger charge is -2.31. The number of likely N-dealkylation sites (tertiary alicyclic amines) is 1. The van der Waals surface area contributed by atoms with E-state index in [1.165, 1.54) is 12.8 Å². The van der Waals surface area contributed by atoms with E-state index in [0.717, 1.165) is 18.0 Å². The Morgan fingerprint density at radius 3 is 2.58 bits per heavy atom. The molecule has 2 amide bonds. The molecule has 0 atom stereocenters. The third-order valence-electron chi connectivity index (χ3n) is 4.79. The molecule has 1 saturated heterocycles. The summed E-state index contributed by atoms with van der Waals surface area (Å²) in [5.74, 6) is 1.48. The first-order valence-corrected chi connectivity index (χ1v) is 8.84. The number of aryl methyl sites for hydroxylation is 1. The smallest absolute Gasteiger partial charge is 0.236 e. The summed E-state index contributed by atoms with van der Waals surface area (Å²) < 4.78 is 0. The quantitative estimate of drug-likeness (QED) is 0.830. The summed E-state index contributed by atoms with van der Waals surface area (Å²) in [4.78, 5) is 30.5. The fourth-order valence-corrected chi connectivity index (χ4v) is 2.98. The zero-order valence-corrected chi connectivity index (χ0v) is 14.3. The highest BCUT2D eigenvalue weighted by molar-refractivity contribution is 5.91. The summed E-state index contributed by atoms with van der Waals surface area (Å²) in [5.41, 5.74) is 1.06. The van der Waals surface area contributed by atoms with Crippen molar-refractivity contribution in [3.63, 3.8) is 0 Å². The topological polar surface area (TPSA) is 74.3 Å². The zero-order valence-electron chi connectivity index (χ0n) is 14.3. The first-order valence-electron chi connectivity index (χ1n) is 8.84. The van der Waals surface area contributed by atoms with E-state index in [1.807, 2.05) is 24.0 Å². The number of aromatic nitrogens is 1.